The molecule has 0 atom stereocenters. The first kappa shape index (κ1) is 11.0. The molecule has 1 aromatic carbocycles. The van der Waals surface area contributed by atoms with Crippen LogP contribution in [0.1, 0.15) is 31.7 Å². The average Bonchev–Trinajstić information content (AvgIpc) is 2.93. The summed E-state index contributed by atoms with van der Waals surface area (Å²) in [7, 11) is 0. The van der Waals surface area contributed by atoms with E-state index in [1.807, 2.05) is 0 Å². The van der Waals surface area contributed by atoms with Gasteiger partial charge in [-0.05, 0) is 18.9 Å². The minimum Gasteiger partial charge on any atom is -0.305 e. The fourth-order valence-electron chi connectivity index (χ4n) is 2.76. The molecular weight excluding hydrogens is 234 g/mol. The van der Waals surface area contributed by atoms with Crippen molar-refractivity contribution in [2.75, 3.05) is 0 Å². The molecule has 1 N–H and O–H groups in total. The van der Waals surface area contributed by atoms with Crippen LogP contribution in [0.25, 0.3) is 11.0 Å². The van der Waals surface area contributed by atoms with Crippen LogP contribution in [0.15, 0.2) is 23.0 Å². The average molecular weight is 247 g/mol. The van der Waals surface area contributed by atoms with E-state index in [1.54, 1.807) is 10.6 Å². The van der Waals surface area contributed by atoms with E-state index in [2.05, 4.69) is 4.98 Å². The van der Waals surface area contributed by atoms with Crippen LogP contribution in [0.4, 0.5) is 5.69 Å². The van der Waals surface area contributed by atoms with Crippen molar-refractivity contribution in [2.24, 2.45) is 0 Å². The molecule has 1 fully saturated rings. The van der Waals surface area contributed by atoms with Crippen molar-refractivity contribution < 1.29 is 4.92 Å². The van der Waals surface area contributed by atoms with Crippen LogP contribution in [0, 0.1) is 10.1 Å². The Morgan fingerprint density at radius 1 is 1.33 bits per heavy atom. The van der Waals surface area contributed by atoms with Gasteiger partial charge in [0.1, 0.15) is 0 Å². The Morgan fingerprint density at radius 2 is 2.06 bits per heavy atom. The van der Waals surface area contributed by atoms with Crippen molar-refractivity contribution in [3.05, 3.63) is 38.8 Å². The third-order valence-corrected chi connectivity index (χ3v) is 3.60. The first-order chi connectivity index (χ1) is 8.66. The second-order valence-corrected chi connectivity index (χ2v) is 4.70. The molecule has 6 nitrogen and oxygen atoms in total. The van der Waals surface area contributed by atoms with E-state index in [9.17, 15) is 14.9 Å². The van der Waals surface area contributed by atoms with Gasteiger partial charge in [-0.15, -0.1) is 0 Å². The Hall–Kier alpha value is -2.11. The van der Waals surface area contributed by atoms with Crippen LogP contribution < -0.4 is 5.69 Å². The highest BCUT2D eigenvalue weighted by Crippen LogP contribution is 2.31. The predicted molar refractivity (Wildman–Crippen MR) is 66.7 cm³/mol. The van der Waals surface area contributed by atoms with Gasteiger partial charge in [0.25, 0.3) is 5.69 Å². The van der Waals surface area contributed by atoms with E-state index in [-0.39, 0.29) is 17.4 Å². The molecule has 0 spiro atoms. The number of aromatic amines is 1. The van der Waals surface area contributed by atoms with Gasteiger partial charge < -0.3 is 4.98 Å². The number of fused-ring (bicyclic) bond motifs is 1. The van der Waals surface area contributed by atoms with Crippen LogP contribution >= 0.6 is 0 Å². The van der Waals surface area contributed by atoms with E-state index in [0.29, 0.717) is 5.52 Å². The van der Waals surface area contributed by atoms with Gasteiger partial charge in [-0.1, -0.05) is 12.8 Å². The molecule has 0 unspecified atom stereocenters. The number of nitro groups is 1. The smallest absolute Gasteiger partial charge is 0.305 e. The lowest BCUT2D eigenvalue weighted by atomic mass is 10.2. The molecule has 1 aliphatic rings. The highest BCUT2D eigenvalue weighted by molar-refractivity contribution is 5.78. The largest absolute Gasteiger partial charge is 0.326 e. The molecule has 0 saturated heterocycles. The maximum Gasteiger partial charge on any atom is 0.326 e. The lowest BCUT2D eigenvalue weighted by Gasteiger charge is -2.10. The summed E-state index contributed by atoms with van der Waals surface area (Å²) < 4.78 is 1.74. The van der Waals surface area contributed by atoms with Crippen molar-refractivity contribution in [3.63, 3.8) is 0 Å². The number of benzene rings is 1. The van der Waals surface area contributed by atoms with Crippen LogP contribution in [0.2, 0.25) is 0 Å². The Labute approximate surface area is 102 Å². The lowest BCUT2D eigenvalue weighted by molar-refractivity contribution is -0.384. The van der Waals surface area contributed by atoms with Gasteiger partial charge in [0, 0.05) is 18.2 Å². The molecule has 3 rings (SSSR count). The molecule has 1 saturated carbocycles. The SMILES string of the molecule is O=c1[nH]c2cc([N+](=O)[O-])ccc2n1C1CCCC1. The molecule has 6 heteroatoms. The van der Waals surface area contributed by atoms with Crippen LogP contribution in [0.5, 0.6) is 0 Å². The van der Waals surface area contributed by atoms with E-state index in [0.717, 1.165) is 31.2 Å². The van der Waals surface area contributed by atoms with Gasteiger partial charge in [-0.25, -0.2) is 4.79 Å². The van der Waals surface area contributed by atoms with Crippen molar-refractivity contribution in [3.8, 4) is 0 Å². The number of nitro benzene ring substituents is 1. The summed E-state index contributed by atoms with van der Waals surface area (Å²) in [6, 6.07) is 4.75. The summed E-state index contributed by atoms with van der Waals surface area (Å²) in [5, 5.41) is 10.7. The molecule has 1 aliphatic carbocycles. The number of imidazole rings is 1. The zero-order valence-electron chi connectivity index (χ0n) is 9.76. The Bertz CT molecular complexity index is 665. The van der Waals surface area contributed by atoms with Crippen LogP contribution in [-0.4, -0.2) is 14.5 Å². The molecule has 1 heterocycles. The first-order valence-corrected chi connectivity index (χ1v) is 6.05. The highest BCUT2D eigenvalue weighted by atomic mass is 16.6. The summed E-state index contributed by atoms with van der Waals surface area (Å²) >= 11 is 0. The van der Waals surface area contributed by atoms with Crippen molar-refractivity contribution in [2.45, 2.75) is 31.7 Å². The summed E-state index contributed by atoms with van der Waals surface area (Å²) in [5.74, 6) is 0. The van der Waals surface area contributed by atoms with Gasteiger partial charge in [0.05, 0.1) is 16.0 Å². The lowest BCUT2D eigenvalue weighted by Crippen LogP contribution is -2.20. The van der Waals surface area contributed by atoms with Crippen LogP contribution in [-0.2, 0) is 0 Å². The number of non-ortho nitro benzene ring substituents is 1. The quantitative estimate of drug-likeness (QED) is 0.653. The van der Waals surface area contributed by atoms with Crippen molar-refractivity contribution >= 4 is 16.7 Å². The minimum atomic E-state index is -0.454. The summed E-state index contributed by atoms with van der Waals surface area (Å²) in [6.07, 6.45) is 4.28. The van der Waals surface area contributed by atoms with E-state index < -0.39 is 4.92 Å². The van der Waals surface area contributed by atoms with Gasteiger partial charge >= 0.3 is 5.69 Å². The fraction of sp³-hybridized carbons (Fsp3) is 0.417. The standard InChI is InChI=1S/C12H13N3O3/c16-12-13-10-7-9(15(17)18)5-6-11(10)14(12)8-3-1-2-4-8/h5-8H,1-4H2,(H,13,16). The number of rotatable bonds is 2. The highest BCUT2D eigenvalue weighted by Gasteiger charge is 2.21. The monoisotopic (exact) mass is 247 g/mol. The fourth-order valence-corrected chi connectivity index (χ4v) is 2.76. The van der Waals surface area contributed by atoms with E-state index in [4.69, 9.17) is 0 Å². The Kier molecular flexibility index (Phi) is 2.43. The van der Waals surface area contributed by atoms with E-state index in [1.165, 1.54) is 12.1 Å². The zero-order chi connectivity index (χ0) is 12.7. The Balaban J connectivity index is 2.18. The van der Waals surface area contributed by atoms with Gasteiger partial charge in [0.15, 0.2) is 0 Å². The second kappa shape index (κ2) is 3.97. The number of hydrogen-bond donors (Lipinski definition) is 1. The third kappa shape index (κ3) is 1.61. The molecule has 0 bridgehead atoms. The molecular formula is C12H13N3O3. The number of nitrogens with zero attached hydrogens (tertiary/aromatic N) is 2. The van der Waals surface area contributed by atoms with Crippen molar-refractivity contribution in [1.82, 2.24) is 9.55 Å². The third-order valence-electron chi connectivity index (χ3n) is 3.60. The molecule has 1 aromatic heterocycles. The minimum absolute atomic E-state index is 0.00215. The van der Waals surface area contributed by atoms with Crippen molar-refractivity contribution in [1.29, 1.82) is 0 Å². The van der Waals surface area contributed by atoms with Crippen LogP contribution in [0.3, 0.4) is 0 Å². The summed E-state index contributed by atoms with van der Waals surface area (Å²) in [6.45, 7) is 0. The predicted octanol–water partition coefficient (Wildman–Crippen LogP) is 2.35. The number of hydrogen-bond acceptors (Lipinski definition) is 3. The second-order valence-electron chi connectivity index (χ2n) is 4.70. The van der Waals surface area contributed by atoms with Gasteiger partial charge in [-0.2, -0.15) is 0 Å². The molecule has 2 aromatic rings. The topological polar surface area (TPSA) is 80.9 Å². The number of nitrogens with one attached hydrogen (secondary N) is 1. The first-order valence-electron chi connectivity index (χ1n) is 6.05. The maximum atomic E-state index is 11.9. The van der Waals surface area contributed by atoms with Gasteiger partial charge in [-0.3, -0.25) is 14.7 Å². The number of aromatic nitrogens is 2. The van der Waals surface area contributed by atoms with E-state index >= 15 is 0 Å². The normalized spacial score (nSPS) is 16.4. The summed E-state index contributed by atoms with van der Waals surface area (Å²) in [4.78, 5) is 24.9. The molecule has 94 valence electrons. The molecule has 0 aliphatic heterocycles. The number of H-pyrrole nitrogens is 1. The zero-order valence-corrected chi connectivity index (χ0v) is 9.76. The Morgan fingerprint density at radius 3 is 2.72 bits per heavy atom. The maximum absolute atomic E-state index is 11.9. The molecule has 18 heavy (non-hydrogen) atoms. The molecule has 0 radical (unpaired) electrons. The van der Waals surface area contributed by atoms with Gasteiger partial charge in [0.2, 0.25) is 0 Å². The molecule has 0 amide bonds. The summed E-state index contributed by atoms with van der Waals surface area (Å²) in [5.41, 5.74) is 1.14.